The summed E-state index contributed by atoms with van der Waals surface area (Å²) in [6.45, 7) is 1.94. The number of nitrogens with zero attached hydrogens (tertiary/aromatic N) is 1. The second-order valence-electron chi connectivity index (χ2n) is 4.28. The van der Waals surface area contributed by atoms with E-state index in [0.29, 0.717) is 10.6 Å². The Labute approximate surface area is 108 Å². The number of rotatable bonds is 4. The van der Waals surface area contributed by atoms with E-state index in [4.69, 9.17) is 5.73 Å². The van der Waals surface area contributed by atoms with E-state index in [9.17, 15) is 8.78 Å². The molecule has 2 rings (SSSR count). The van der Waals surface area contributed by atoms with Gasteiger partial charge in [-0.1, -0.05) is 0 Å². The molecule has 0 aliphatic heterocycles. The van der Waals surface area contributed by atoms with Crippen LogP contribution < -0.4 is 5.73 Å². The van der Waals surface area contributed by atoms with Crippen LogP contribution in [0.3, 0.4) is 0 Å². The molecule has 0 amide bonds. The van der Waals surface area contributed by atoms with Gasteiger partial charge in [0.2, 0.25) is 0 Å². The van der Waals surface area contributed by atoms with Crippen LogP contribution in [0.5, 0.6) is 0 Å². The smallest absolute Gasteiger partial charge is 0.136 e. The summed E-state index contributed by atoms with van der Waals surface area (Å²) in [5.41, 5.74) is 6.91. The third-order valence-corrected chi connectivity index (χ3v) is 3.49. The molecule has 2 nitrogen and oxygen atoms in total. The lowest BCUT2D eigenvalue weighted by molar-refractivity contribution is 0.585. The van der Waals surface area contributed by atoms with Gasteiger partial charge < -0.3 is 5.73 Å². The van der Waals surface area contributed by atoms with Crippen molar-refractivity contribution in [2.45, 2.75) is 25.8 Å². The van der Waals surface area contributed by atoms with E-state index >= 15 is 0 Å². The number of hydrogen-bond donors (Lipinski definition) is 1. The van der Waals surface area contributed by atoms with Crippen LogP contribution in [0.4, 0.5) is 8.78 Å². The third-order valence-electron chi connectivity index (χ3n) is 2.57. The zero-order valence-corrected chi connectivity index (χ0v) is 10.8. The minimum absolute atomic E-state index is 0.123. The fourth-order valence-electron chi connectivity index (χ4n) is 1.58. The lowest BCUT2D eigenvalue weighted by atomic mass is 10.1. The normalized spacial score (nSPS) is 12.7. The molecule has 1 heterocycles. The molecule has 0 radical (unpaired) electrons. The monoisotopic (exact) mass is 268 g/mol. The van der Waals surface area contributed by atoms with Crippen LogP contribution in [-0.4, -0.2) is 11.0 Å². The molecular weight excluding hydrogens is 254 g/mol. The molecule has 2 N–H and O–H groups in total. The van der Waals surface area contributed by atoms with Gasteiger partial charge in [0.05, 0.1) is 5.69 Å². The van der Waals surface area contributed by atoms with Gasteiger partial charge in [0.15, 0.2) is 0 Å². The highest BCUT2D eigenvalue weighted by molar-refractivity contribution is 7.13. The fourth-order valence-corrected chi connectivity index (χ4v) is 2.46. The number of aryl methyl sites for hydroxylation is 1. The van der Waals surface area contributed by atoms with Gasteiger partial charge in [0, 0.05) is 23.1 Å². The molecule has 0 aliphatic carbocycles. The summed E-state index contributed by atoms with van der Waals surface area (Å²) in [6, 6.07) is 3.65. The van der Waals surface area contributed by atoms with Crippen molar-refractivity contribution in [3.63, 3.8) is 0 Å². The minimum Gasteiger partial charge on any atom is -0.328 e. The Morgan fingerprint density at radius 2 is 2.17 bits per heavy atom. The first kappa shape index (κ1) is 13.1. The maximum absolute atomic E-state index is 13.6. The lowest BCUT2D eigenvalue weighted by Gasteiger charge is -2.01. The molecular formula is C13H14F2N2S. The average molecular weight is 268 g/mol. The first-order valence-electron chi connectivity index (χ1n) is 5.71. The van der Waals surface area contributed by atoms with Crippen LogP contribution in [0.25, 0.3) is 10.6 Å². The lowest BCUT2D eigenvalue weighted by Crippen LogP contribution is -2.15. The van der Waals surface area contributed by atoms with Crippen molar-refractivity contribution in [3.8, 4) is 10.6 Å². The molecule has 1 unspecified atom stereocenters. The van der Waals surface area contributed by atoms with Gasteiger partial charge in [-0.05, 0) is 31.9 Å². The van der Waals surface area contributed by atoms with Crippen LogP contribution in [-0.2, 0) is 6.42 Å². The van der Waals surface area contributed by atoms with Crippen LogP contribution in [0, 0.1) is 11.6 Å². The highest BCUT2D eigenvalue weighted by Gasteiger charge is 2.10. The van der Waals surface area contributed by atoms with Crippen LogP contribution in [0.1, 0.15) is 19.0 Å². The Morgan fingerprint density at radius 1 is 1.39 bits per heavy atom. The zero-order valence-electron chi connectivity index (χ0n) is 9.99. The quantitative estimate of drug-likeness (QED) is 0.923. The highest BCUT2D eigenvalue weighted by Crippen LogP contribution is 2.27. The van der Waals surface area contributed by atoms with Gasteiger partial charge >= 0.3 is 0 Å². The molecule has 0 aliphatic rings. The highest BCUT2D eigenvalue weighted by atomic mass is 32.1. The number of halogens is 2. The van der Waals surface area contributed by atoms with Crippen LogP contribution in [0.2, 0.25) is 0 Å². The summed E-state index contributed by atoms with van der Waals surface area (Å²) >= 11 is 1.36. The molecule has 0 bridgehead atoms. The number of hydrogen-bond acceptors (Lipinski definition) is 3. The largest absolute Gasteiger partial charge is 0.328 e. The summed E-state index contributed by atoms with van der Waals surface area (Å²) in [5.74, 6) is -1.16. The van der Waals surface area contributed by atoms with Gasteiger partial charge in [-0.2, -0.15) is 0 Å². The Bertz CT molecular complexity index is 538. The average Bonchev–Trinajstić information content (AvgIpc) is 2.75. The molecule has 5 heteroatoms. The van der Waals surface area contributed by atoms with Crippen molar-refractivity contribution in [1.82, 2.24) is 4.98 Å². The van der Waals surface area contributed by atoms with E-state index in [-0.39, 0.29) is 6.04 Å². The number of nitrogens with two attached hydrogens (primary N) is 1. The fraction of sp³-hybridized carbons (Fsp3) is 0.308. The molecule has 1 aromatic heterocycles. The molecule has 96 valence electrons. The van der Waals surface area contributed by atoms with E-state index in [2.05, 4.69) is 4.98 Å². The Morgan fingerprint density at radius 3 is 2.83 bits per heavy atom. The number of thiazole rings is 1. The van der Waals surface area contributed by atoms with Gasteiger partial charge in [-0.25, -0.2) is 13.8 Å². The van der Waals surface area contributed by atoms with Gasteiger partial charge in [0.25, 0.3) is 0 Å². The molecule has 18 heavy (non-hydrogen) atoms. The predicted octanol–water partition coefficient (Wildman–Crippen LogP) is 3.37. The second kappa shape index (κ2) is 5.54. The first-order chi connectivity index (χ1) is 8.56. The van der Waals surface area contributed by atoms with Crippen molar-refractivity contribution in [3.05, 3.63) is 40.9 Å². The second-order valence-corrected chi connectivity index (χ2v) is 5.14. The maximum atomic E-state index is 13.6. The topological polar surface area (TPSA) is 38.9 Å². The Kier molecular flexibility index (Phi) is 4.04. The van der Waals surface area contributed by atoms with Crippen LogP contribution >= 0.6 is 11.3 Å². The van der Waals surface area contributed by atoms with Gasteiger partial charge in [-0.15, -0.1) is 11.3 Å². The first-order valence-corrected chi connectivity index (χ1v) is 6.59. The van der Waals surface area contributed by atoms with Crippen molar-refractivity contribution >= 4 is 11.3 Å². The molecule has 0 spiro atoms. The van der Waals surface area contributed by atoms with Crippen molar-refractivity contribution in [1.29, 1.82) is 0 Å². The van der Waals surface area contributed by atoms with Crippen LogP contribution in [0.15, 0.2) is 23.6 Å². The molecule has 1 aromatic carbocycles. The van der Waals surface area contributed by atoms with Crippen molar-refractivity contribution in [2.75, 3.05) is 0 Å². The Balaban J connectivity index is 2.18. The summed E-state index contributed by atoms with van der Waals surface area (Å²) in [5, 5.41) is 2.47. The van der Waals surface area contributed by atoms with Crippen molar-refractivity contribution in [2.24, 2.45) is 5.73 Å². The summed E-state index contributed by atoms with van der Waals surface area (Å²) in [6.07, 6.45) is 1.62. The number of benzene rings is 1. The van der Waals surface area contributed by atoms with E-state index in [0.717, 1.165) is 24.6 Å². The SMILES string of the molecule is CC(N)CCc1csc(-c2ccc(F)cc2F)n1. The molecule has 0 saturated heterocycles. The van der Waals surface area contributed by atoms with Crippen molar-refractivity contribution < 1.29 is 8.78 Å². The molecule has 1 atom stereocenters. The summed E-state index contributed by atoms with van der Waals surface area (Å²) in [7, 11) is 0. The third kappa shape index (κ3) is 3.11. The van der Waals surface area contributed by atoms with Gasteiger partial charge in [-0.3, -0.25) is 0 Å². The van der Waals surface area contributed by atoms with E-state index in [1.54, 1.807) is 0 Å². The van der Waals surface area contributed by atoms with E-state index in [1.165, 1.54) is 23.5 Å². The van der Waals surface area contributed by atoms with E-state index in [1.807, 2.05) is 12.3 Å². The Hall–Kier alpha value is -1.33. The molecule has 0 fully saturated rings. The zero-order chi connectivity index (χ0) is 13.1. The summed E-state index contributed by atoms with van der Waals surface area (Å²) < 4.78 is 26.4. The number of aromatic nitrogens is 1. The minimum atomic E-state index is -0.580. The summed E-state index contributed by atoms with van der Waals surface area (Å²) in [4.78, 5) is 4.34. The molecule has 2 aromatic rings. The predicted molar refractivity (Wildman–Crippen MR) is 69.4 cm³/mol. The van der Waals surface area contributed by atoms with Gasteiger partial charge in [0.1, 0.15) is 16.6 Å². The molecule has 0 saturated carbocycles. The van der Waals surface area contributed by atoms with E-state index < -0.39 is 11.6 Å². The standard InChI is InChI=1S/C13H14F2N2S/c1-8(16)2-4-10-7-18-13(17-10)11-5-3-9(14)6-12(11)15/h3,5-8H,2,4,16H2,1H3. The maximum Gasteiger partial charge on any atom is 0.136 e.